The molecule has 1 aromatic carbocycles. The Kier molecular flexibility index (Phi) is 3.73. The van der Waals surface area contributed by atoms with Gasteiger partial charge in [0.05, 0.1) is 12.2 Å². The number of benzene rings is 1. The molecular formula is C16H16N2O3. The monoisotopic (exact) mass is 284 g/mol. The summed E-state index contributed by atoms with van der Waals surface area (Å²) in [7, 11) is 1.74. The van der Waals surface area contributed by atoms with E-state index in [-0.39, 0.29) is 12.5 Å². The number of aromatic nitrogens is 1. The van der Waals surface area contributed by atoms with Gasteiger partial charge in [-0.2, -0.15) is 0 Å². The van der Waals surface area contributed by atoms with Gasteiger partial charge in [-0.25, -0.2) is 0 Å². The van der Waals surface area contributed by atoms with Gasteiger partial charge in [-0.3, -0.25) is 9.78 Å². The minimum Gasteiger partial charge on any atom is -0.485 e. The number of pyridine rings is 1. The highest BCUT2D eigenvalue weighted by Crippen LogP contribution is 2.31. The fourth-order valence-electron chi connectivity index (χ4n) is 2.20. The fourth-order valence-corrected chi connectivity index (χ4v) is 2.20. The average molecular weight is 284 g/mol. The second kappa shape index (κ2) is 5.83. The number of hydrogen-bond donors (Lipinski definition) is 0. The SMILES string of the molecule is CN(Cc1ccccn1)C(=O)[C@H]1COc2ccccc2O1. The molecule has 0 aliphatic carbocycles. The first-order valence-electron chi connectivity index (χ1n) is 6.77. The van der Waals surface area contributed by atoms with Gasteiger partial charge >= 0.3 is 0 Å². The van der Waals surface area contributed by atoms with Gasteiger partial charge in [-0.15, -0.1) is 0 Å². The van der Waals surface area contributed by atoms with Crippen LogP contribution in [0, 0.1) is 0 Å². The van der Waals surface area contributed by atoms with Gasteiger partial charge in [0.25, 0.3) is 5.91 Å². The highest BCUT2D eigenvalue weighted by Gasteiger charge is 2.29. The summed E-state index contributed by atoms with van der Waals surface area (Å²) in [5, 5.41) is 0. The zero-order chi connectivity index (χ0) is 14.7. The predicted octanol–water partition coefficient (Wildman–Crippen LogP) is 1.88. The maximum absolute atomic E-state index is 12.4. The number of rotatable bonds is 3. The minimum atomic E-state index is -0.617. The smallest absolute Gasteiger partial charge is 0.267 e. The quantitative estimate of drug-likeness (QED) is 0.863. The van der Waals surface area contributed by atoms with Crippen LogP contribution in [0.2, 0.25) is 0 Å². The van der Waals surface area contributed by atoms with Crippen molar-refractivity contribution in [3.63, 3.8) is 0 Å². The molecule has 108 valence electrons. The maximum Gasteiger partial charge on any atom is 0.267 e. The maximum atomic E-state index is 12.4. The lowest BCUT2D eigenvalue weighted by Gasteiger charge is -2.28. The topological polar surface area (TPSA) is 51.7 Å². The molecule has 2 aromatic rings. The number of para-hydroxylation sites is 2. The third-order valence-corrected chi connectivity index (χ3v) is 3.29. The zero-order valence-electron chi connectivity index (χ0n) is 11.7. The van der Waals surface area contributed by atoms with Crippen LogP contribution in [0.15, 0.2) is 48.7 Å². The standard InChI is InChI=1S/C16H16N2O3/c1-18(10-12-6-4-5-9-17-12)16(19)15-11-20-13-7-2-3-8-14(13)21-15/h2-9,15H,10-11H2,1H3/t15-/m1/s1. The van der Waals surface area contributed by atoms with Crippen molar-refractivity contribution in [1.29, 1.82) is 0 Å². The van der Waals surface area contributed by atoms with Crippen LogP contribution in [0.25, 0.3) is 0 Å². The second-order valence-electron chi connectivity index (χ2n) is 4.88. The van der Waals surface area contributed by atoms with E-state index in [1.54, 1.807) is 24.2 Å². The lowest BCUT2D eigenvalue weighted by Crippen LogP contribution is -2.44. The number of hydrogen-bond acceptors (Lipinski definition) is 4. The van der Waals surface area contributed by atoms with E-state index in [2.05, 4.69) is 4.98 Å². The van der Waals surface area contributed by atoms with E-state index >= 15 is 0 Å². The third-order valence-electron chi connectivity index (χ3n) is 3.29. The van der Waals surface area contributed by atoms with E-state index in [0.717, 1.165) is 5.69 Å². The first-order chi connectivity index (χ1) is 10.2. The molecule has 0 N–H and O–H groups in total. The van der Waals surface area contributed by atoms with Gasteiger partial charge < -0.3 is 14.4 Å². The number of ether oxygens (including phenoxy) is 2. The van der Waals surface area contributed by atoms with Crippen LogP contribution in [0.3, 0.4) is 0 Å². The molecule has 0 saturated heterocycles. The van der Waals surface area contributed by atoms with Crippen LogP contribution in [0.5, 0.6) is 11.5 Å². The summed E-state index contributed by atoms with van der Waals surface area (Å²) in [4.78, 5) is 18.2. The second-order valence-corrected chi connectivity index (χ2v) is 4.88. The summed E-state index contributed by atoms with van der Waals surface area (Å²) < 4.78 is 11.3. The summed E-state index contributed by atoms with van der Waals surface area (Å²) in [5.41, 5.74) is 0.838. The lowest BCUT2D eigenvalue weighted by atomic mass is 10.2. The van der Waals surface area contributed by atoms with Crippen LogP contribution in [-0.2, 0) is 11.3 Å². The Balaban J connectivity index is 1.66. The van der Waals surface area contributed by atoms with Crippen LogP contribution in [-0.4, -0.2) is 35.5 Å². The van der Waals surface area contributed by atoms with E-state index in [4.69, 9.17) is 9.47 Å². The molecule has 5 heteroatoms. The number of carbonyl (C=O) groups is 1. The van der Waals surface area contributed by atoms with Gasteiger partial charge in [0.2, 0.25) is 6.10 Å². The summed E-state index contributed by atoms with van der Waals surface area (Å²) in [6.45, 7) is 0.670. The van der Waals surface area contributed by atoms with E-state index in [0.29, 0.717) is 18.0 Å². The van der Waals surface area contributed by atoms with Crippen molar-refractivity contribution in [3.05, 3.63) is 54.4 Å². The molecule has 5 nitrogen and oxygen atoms in total. The molecule has 1 aromatic heterocycles. The first-order valence-corrected chi connectivity index (χ1v) is 6.77. The Labute approximate surface area is 123 Å². The normalized spacial score (nSPS) is 16.3. The van der Waals surface area contributed by atoms with Gasteiger partial charge in [0.15, 0.2) is 11.5 Å². The van der Waals surface area contributed by atoms with E-state index in [1.165, 1.54) is 0 Å². The van der Waals surface area contributed by atoms with Crippen molar-refractivity contribution in [2.75, 3.05) is 13.7 Å². The molecule has 1 amide bonds. The van der Waals surface area contributed by atoms with Crippen LogP contribution in [0.1, 0.15) is 5.69 Å². The summed E-state index contributed by atoms with van der Waals surface area (Å²) in [5.74, 6) is 1.16. The first kappa shape index (κ1) is 13.4. The zero-order valence-corrected chi connectivity index (χ0v) is 11.7. The van der Waals surface area contributed by atoms with Crippen LogP contribution in [0.4, 0.5) is 0 Å². The number of fused-ring (bicyclic) bond motifs is 1. The highest BCUT2D eigenvalue weighted by molar-refractivity contribution is 5.81. The van der Waals surface area contributed by atoms with Crippen molar-refractivity contribution in [2.45, 2.75) is 12.6 Å². The molecule has 3 rings (SSSR count). The highest BCUT2D eigenvalue weighted by atomic mass is 16.6. The number of carbonyl (C=O) groups excluding carboxylic acids is 1. The molecule has 0 radical (unpaired) electrons. The van der Waals surface area contributed by atoms with E-state index in [9.17, 15) is 4.79 Å². The molecule has 0 spiro atoms. The van der Waals surface area contributed by atoms with Crippen molar-refractivity contribution in [2.24, 2.45) is 0 Å². The predicted molar refractivity (Wildman–Crippen MR) is 77.1 cm³/mol. The largest absolute Gasteiger partial charge is 0.485 e. The Morgan fingerprint density at radius 3 is 2.76 bits per heavy atom. The lowest BCUT2D eigenvalue weighted by molar-refractivity contribution is -0.140. The molecule has 0 unspecified atom stereocenters. The Morgan fingerprint density at radius 1 is 1.24 bits per heavy atom. The van der Waals surface area contributed by atoms with Crippen molar-refractivity contribution in [1.82, 2.24) is 9.88 Å². The number of likely N-dealkylation sites (N-methyl/N-ethyl adjacent to an activating group) is 1. The van der Waals surface area contributed by atoms with Crippen molar-refractivity contribution < 1.29 is 14.3 Å². The molecule has 0 bridgehead atoms. The molecule has 1 aliphatic heterocycles. The molecule has 1 atom stereocenters. The van der Waals surface area contributed by atoms with Crippen LogP contribution < -0.4 is 9.47 Å². The van der Waals surface area contributed by atoms with Gasteiger partial charge in [-0.05, 0) is 24.3 Å². The number of amides is 1. The molecule has 0 fully saturated rings. The molecule has 1 aliphatic rings. The Bertz CT molecular complexity index is 630. The Morgan fingerprint density at radius 2 is 2.00 bits per heavy atom. The van der Waals surface area contributed by atoms with Crippen molar-refractivity contribution >= 4 is 5.91 Å². The number of nitrogens with zero attached hydrogens (tertiary/aromatic N) is 2. The summed E-state index contributed by atoms with van der Waals surface area (Å²) in [6.07, 6.45) is 1.10. The van der Waals surface area contributed by atoms with Gasteiger partial charge in [0, 0.05) is 13.2 Å². The van der Waals surface area contributed by atoms with E-state index in [1.807, 2.05) is 36.4 Å². The average Bonchev–Trinajstić information content (AvgIpc) is 2.54. The minimum absolute atomic E-state index is 0.116. The van der Waals surface area contributed by atoms with Crippen molar-refractivity contribution in [3.8, 4) is 11.5 Å². The Hall–Kier alpha value is -2.56. The van der Waals surface area contributed by atoms with Crippen LogP contribution >= 0.6 is 0 Å². The summed E-state index contributed by atoms with van der Waals surface area (Å²) >= 11 is 0. The van der Waals surface area contributed by atoms with Gasteiger partial charge in [0.1, 0.15) is 6.61 Å². The van der Waals surface area contributed by atoms with Gasteiger partial charge in [-0.1, -0.05) is 18.2 Å². The molecule has 21 heavy (non-hydrogen) atoms. The van der Waals surface area contributed by atoms with E-state index < -0.39 is 6.10 Å². The summed E-state index contributed by atoms with van der Waals surface area (Å²) in [6, 6.07) is 13.0. The molecule has 2 heterocycles. The fraction of sp³-hybridized carbons (Fsp3) is 0.250. The molecular weight excluding hydrogens is 268 g/mol. The third kappa shape index (κ3) is 2.97. The molecule has 0 saturated carbocycles.